The number of halogens is 3. The molecule has 0 saturated carbocycles. The molecule has 0 radical (unpaired) electrons. The van der Waals surface area contributed by atoms with Gasteiger partial charge >= 0.3 is 11.8 Å². The zero-order valence-corrected chi connectivity index (χ0v) is 21.0. The Balaban J connectivity index is 2.13. The van der Waals surface area contributed by atoms with Gasteiger partial charge in [0.2, 0.25) is 0 Å². The predicted octanol–water partition coefficient (Wildman–Crippen LogP) is 5.10. The van der Waals surface area contributed by atoms with Crippen LogP contribution in [0.4, 0.5) is 0 Å². The Labute approximate surface area is 205 Å². The molecule has 0 saturated heterocycles. The summed E-state index contributed by atoms with van der Waals surface area (Å²) in [5.74, 6) is -0.652. The fourth-order valence-corrected chi connectivity index (χ4v) is 3.57. The first-order valence-electron chi connectivity index (χ1n) is 9.92. The third kappa shape index (κ3) is 7.39. The minimum atomic E-state index is -0.845. The second kappa shape index (κ2) is 12.7. The highest BCUT2D eigenvalue weighted by Crippen LogP contribution is 2.38. The highest BCUT2D eigenvalue weighted by atomic mass is 79.9. The van der Waals surface area contributed by atoms with E-state index in [1.807, 2.05) is 20.8 Å². The Kier molecular flexibility index (Phi) is 10.3. The zero-order valence-electron chi connectivity index (χ0n) is 17.9. The molecule has 2 aromatic carbocycles. The van der Waals surface area contributed by atoms with Gasteiger partial charge in [-0.1, -0.05) is 36.2 Å². The van der Waals surface area contributed by atoms with Crippen LogP contribution >= 0.6 is 39.1 Å². The molecule has 2 aromatic rings. The molecule has 2 rings (SSSR count). The summed E-state index contributed by atoms with van der Waals surface area (Å²) in [6.45, 7) is 6.12. The van der Waals surface area contributed by atoms with Crippen molar-refractivity contribution in [1.29, 1.82) is 0 Å². The number of benzene rings is 2. The number of carbonyl (C=O) groups excluding carboxylic acids is 2. The second-order valence-corrected chi connectivity index (χ2v) is 8.40. The van der Waals surface area contributed by atoms with E-state index in [0.29, 0.717) is 50.2 Å². The first-order valence-corrected chi connectivity index (χ1v) is 11.5. The number of hydrogen-bond acceptors (Lipinski definition) is 5. The number of rotatable bonds is 9. The van der Waals surface area contributed by atoms with Gasteiger partial charge in [-0.2, -0.15) is 5.10 Å². The molecule has 2 N–H and O–H groups in total. The van der Waals surface area contributed by atoms with Crippen molar-refractivity contribution in [1.82, 2.24) is 10.7 Å². The van der Waals surface area contributed by atoms with Crippen LogP contribution in [0.15, 0.2) is 39.9 Å². The zero-order chi connectivity index (χ0) is 23.7. The maximum atomic E-state index is 11.8. The Morgan fingerprint density at radius 3 is 2.47 bits per heavy atom. The molecule has 7 nitrogen and oxygen atoms in total. The quantitative estimate of drug-likeness (QED) is 0.261. The maximum Gasteiger partial charge on any atom is 0.329 e. The van der Waals surface area contributed by atoms with Crippen LogP contribution in [0.25, 0.3) is 0 Å². The second-order valence-electron chi connectivity index (χ2n) is 6.73. The summed E-state index contributed by atoms with van der Waals surface area (Å²) in [6.07, 6.45) is 2.12. The van der Waals surface area contributed by atoms with Crippen LogP contribution in [-0.2, 0) is 16.2 Å². The van der Waals surface area contributed by atoms with Crippen molar-refractivity contribution in [3.05, 3.63) is 56.0 Å². The van der Waals surface area contributed by atoms with Gasteiger partial charge in [-0.25, -0.2) is 5.43 Å². The molecule has 0 aliphatic rings. The van der Waals surface area contributed by atoms with Crippen LogP contribution < -0.4 is 20.2 Å². The fourth-order valence-electron chi connectivity index (χ4n) is 2.49. The molecule has 2 amide bonds. The van der Waals surface area contributed by atoms with E-state index in [-0.39, 0.29) is 12.6 Å². The van der Waals surface area contributed by atoms with E-state index in [1.165, 1.54) is 6.21 Å². The van der Waals surface area contributed by atoms with Crippen molar-refractivity contribution in [2.24, 2.45) is 5.10 Å². The first-order chi connectivity index (χ1) is 15.3. The molecular formula is C22H24BrCl2N3O4. The van der Waals surface area contributed by atoms with Gasteiger partial charge in [0.1, 0.15) is 6.61 Å². The Bertz CT molecular complexity index is 981. The number of nitrogens with zero attached hydrogens (tertiary/aromatic N) is 1. The van der Waals surface area contributed by atoms with Crippen molar-refractivity contribution in [2.75, 3.05) is 6.61 Å². The van der Waals surface area contributed by atoms with E-state index in [2.05, 4.69) is 31.8 Å². The van der Waals surface area contributed by atoms with Gasteiger partial charge in [-0.15, -0.1) is 0 Å². The molecule has 0 fully saturated rings. The van der Waals surface area contributed by atoms with Crippen molar-refractivity contribution in [2.45, 2.75) is 39.8 Å². The van der Waals surface area contributed by atoms with E-state index >= 15 is 0 Å². The van der Waals surface area contributed by atoms with E-state index in [1.54, 1.807) is 30.3 Å². The van der Waals surface area contributed by atoms with Crippen molar-refractivity contribution in [3.8, 4) is 11.5 Å². The molecule has 0 bridgehead atoms. The summed E-state index contributed by atoms with van der Waals surface area (Å²) >= 11 is 15.9. The number of carbonyl (C=O) groups is 2. The summed E-state index contributed by atoms with van der Waals surface area (Å²) in [5, 5.41) is 7.42. The van der Waals surface area contributed by atoms with Gasteiger partial charge in [0, 0.05) is 21.7 Å². The highest BCUT2D eigenvalue weighted by Gasteiger charge is 2.16. The molecule has 0 aliphatic carbocycles. The van der Waals surface area contributed by atoms with Gasteiger partial charge < -0.3 is 14.8 Å². The van der Waals surface area contributed by atoms with Crippen LogP contribution in [0.3, 0.4) is 0 Å². The largest absolute Gasteiger partial charge is 0.490 e. The Morgan fingerprint density at radius 2 is 1.84 bits per heavy atom. The third-order valence-corrected chi connectivity index (χ3v) is 5.63. The standard InChI is InChI=1S/C22H24BrCl2N3O4/c1-4-13(3)27-21(29)22(30)28-26-11-14-9-16(23)20(19(10-14)31-5-2)32-12-15-17(24)7-6-8-18(15)25/h6-11,13H,4-5,12H2,1-3H3,(H,27,29)(H,28,30)/b26-11-/t13-/m1/s1. The number of nitrogens with one attached hydrogen (secondary N) is 2. The summed E-state index contributed by atoms with van der Waals surface area (Å²) < 4.78 is 12.2. The van der Waals surface area contributed by atoms with Crippen LogP contribution in [0.1, 0.15) is 38.3 Å². The molecule has 1 atom stereocenters. The first kappa shape index (κ1) is 26.0. The Morgan fingerprint density at radius 1 is 1.16 bits per heavy atom. The molecule has 32 heavy (non-hydrogen) atoms. The fraction of sp³-hybridized carbons (Fsp3) is 0.318. The lowest BCUT2D eigenvalue weighted by Crippen LogP contribution is -2.41. The van der Waals surface area contributed by atoms with Crippen LogP contribution in [0.2, 0.25) is 10.0 Å². The number of ether oxygens (including phenoxy) is 2. The molecule has 10 heteroatoms. The minimum Gasteiger partial charge on any atom is -0.490 e. The van der Waals surface area contributed by atoms with Gasteiger partial charge in [-0.3, -0.25) is 9.59 Å². The predicted molar refractivity (Wildman–Crippen MR) is 130 cm³/mol. The Hall–Kier alpha value is -2.29. The lowest BCUT2D eigenvalue weighted by atomic mass is 10.2. The average molecular weight is 545 g/mol. The molecule has 0 spiro atoms. The number of amides is 2. The smallest absolute Gasteiger partial charge is 0.329 e. The molecule has 0 aliphatic heterocycles. The summed E-state index contributed by atoms with van der Waals surface area (Å²) in [7, 11) is 0. The van der Waals surface area contributed by atoms with Crippen molar-refractivity contribution >= 4 is 57.2 Å². The van der Waals surface area contributed by atoms with Crippen LogP contribution in [0.5, 0.6) is 11.5 Å². The number of hydrazone groups is 1. The topological polar surface area (TPSA) is 89.0 Å². The summed E-state index contributed by atoms with van der Waals surface area (Å²) in [6, 6.07) is 8.57. The summed E-state index contributed by atoms with van der Waals surface area (Å²) in [4.78, 5) is 23.6. The highest BCUT2D eigenvalue weighted by molar-refractivity contribution is 9.10. The lowest BCUT2D eigenvalue weighted by Gasteiger charge is -2.15. The molecule has 0 unspecified atom stereocenters. The van der Waals surface area contributed by atoms with Crippen molar-refractivity contribution in [3.63, 3.8) is 0 Å². The molecule has 0 heterocycles. The SMILES string of the molecule is CCOc1cc(/C=N\NC(=O)C(=O)N[C@H](C)CC)cc(Br)c1OCc1c(Cl)cccc1Cl. The monoisotopic (exact) mass is 543 g/mol. The van der Waals surface area contributed by atoms with E-state index < -0.39 is 11.8 Å². The van der Waals surface area contributed by atoms with Gasteiger partial charge in [-0.05, 0) is 66.0 Å². The maximum absolute atomic E-state index is 11.8. The molecule has 172 valence electrons. The van der Waals surface area contributed by atoms with Crippen LogP contribution in [-0.4, -0.2) is 30.7 Å². The molecular weight excluding hydrogens is 521 g/mol. The number of hydrogen-bond donors (Lipinski definition) is 2. The minimum absolute atomic E-state index is 0.102. The molecule has 0 aromatic heterocycles. The van der Waals surface area contributed by atoms with Crippen LogP contribution in [0, 0.1) is 0 Å². The lowest BCUT2D eigenvalue weighted by molar-refractivity contribution is -0.139. The van der Waals surface area contributed by atoms with E-state index in [4.69, 9.17) is 32.7 Å². The van der Waals surface area contributed by atoms with Gasteiger partial charge in [0.25, 0.3) is 0 Å². The van der Waals surface area contributed by atoms with Gasteiger partial charge in [0.05, 0.1) is 17.3 Å². The van der Waals surface area contributed by atoms with E-state index in [9.17, 15) is 9.59 Å². The normalized spacial score (nSPS) is 11.8. The third-order valence-electron chi connectivity index (χ3n) is 4.33. The summed E-state index contributed by atoms with van der Waals surface area (Å²) in [5.41, 5.74) is 3.48. The van der Waals surface area contributed by atoms with Gasteiger partial charge in [0.15, 0.2) is 11.5 Å². The van der Waals surface area contributed by atoms with Crippen molar-refractivity contribution < 1.29 is 19.1 Å². The average Bonchev–Trinajstić information content (AvgIpc) is 2.74. The van der Waals surface area contributed by atoms with E-state index in [0.717, 1.165) is 0 Å².